The summed E-state index contributed by atoms with van der Waals surface area (Å²) in [4.78, 5) is 11.3. The van der Waals surface area contributed by atoms with E-state index in [2.05, 4.69) is 4.72 Å². The third-order valence-electron chi connectivity index (χ3n) is 3.98. The minimum absolute atomic E-state index is 0.0190. The number of nitrogens with one attached hydrogen (secondary N) is 1. The zero-order chi connectivity index (χ0) is 15.6. The van der Waals surface area contributed by atoms with E-state index in [1.807, 2.05) is 0 Å². The highest BCUT2D eigenvalue weighted by Gasteiger charge is 2.31. The summed E-state index contributed by atoms with van der Waals surface area (Å²) in [7, 11) is -3.73. The molecule has 21 heavy (non-hydrogen) atoms. The first-order chi connectivity index (χ1) is 9.85. The number of rotatable bonds is 5. The molecule has 1 aromatic rings. The molecule has 1 amide bonds. The maximum atomic E-state index is 12.4. The standard InChI is InChI=1S/C14H20N2O4S/c1-9-5-6-11(7-12(9)14(15)18)21(19,20)16-13-4-2-3-10(13)8-17/h5-7,10,13,16-17H,2-4,8H2,1H3,(H2,15,18). The van der Waals surface area contributed by atoms with E-state index in [1.54, 1.807) is 13.0 Å². The van der Waals surface area contributed by atoms with Crippen LogP contribution >= 0.6 is 0 Å². The molecule has 6 nitrogen and oxygen atoms in total. The predicted molar refractivity (Wildman–Crippen MR) is 78.2 cm³/mol. The summed E-state index contributed by atoms with van der Waals surface area (Å²) in [6.07, 6.45) is 2.40. The lowest BCUT2D eigenvalue weighted by molar-refractivity contribution is 0.0999. The molecular weight excluding hydrogens is 292 g/mol. The van der Waals surface area contributed by atoms with Gasteiger partial charge in [-0.15, -0.1) is 0 Å². The van der Waals surface area contributed by atoms with E-state index in [1.165, 1.54) is 12.1 Å². The topological polar surface area (TPSA) is 109 Å². The Bertz CT molecular complexity index is 642. The Morgan fingerprint density at radius 2 is 2.14 bits per heavy atom. The molecule has 0 saturated heterocycles. The van der Waals surface area contributed by atoms with Gasteiger partial charge in [0.25, 0.3) is 0 Å². The van der Waals surface area contributed by atoms with Crippen molar-refractivity contribution in [1.82, 2.24) is 4.72 Å². The Morgan fingerprint density at radius 3 is 2.76 bits per heavy atom. The molecule has 0 aliphatic heterocycles. The fourth-order valence-electron chi connectivity index (χ4n) is 2.71. The van der Waals surface area contributed by atoms with Gasteiger partial charge in [-0.25, -0.2) is 13.1 Å². The molecule has 1 saturated carbocycles. The number of sulfonamides is 1. The van der Waals surface area contributed by atoms with E-state index in [9.17, 15) is 18.3 Å². The van der Waals surface area contributed by atoms with Crippen LogP contribution in [0.15, 0.2) is 23.1 Å². The van der Waals surface area contributed by atoms with E-state index < -0.39 is 15.9 Å². The molecule has 1 aliphatic carbocycles. The Kier molecular flexibility index (Phi) is 4.65. The first kappa shape index (κ1) is 15.9. The minimum Gasteiger partial charge on any atom is -0.396 e. The van der Waals surface area contributed by atoms with Crippen molar-refractivity contribution in [3.8, 4) is 0 Å². The van der Waals surface area contributed by atoms with Crippen LogP contribution < -0.4 is 10.5 Å². The van der Waals surface area contributed by atoms with Gasteiger partial charge in [0.1, 0.15) is 0 Å². The van der Waals surface area contributed by atoms with Crippen LogP contribution in [0.5, 0.6) is 0 Å². The summed E-state index contributed by atoms with van der Waals surface area (Å²) in [5.41, 5.74) is 6.08. The van der Waals surface area contributed by atoms with Crippen LogP contribution in [0, 0.1) is 12.8 Å². The van der Waals surface area contributed by atoms with Crippen molar-refractivity contribution in [2.75, 3.05) is 6.61 Å². The van der Waals surface area contributed by atoms with Gasteiger partial charge in [0.05, 0.1) is 4.90 Å². The number of amides is 1. The van der Waals surface area contributed by atoms with Crippen molar-refractivity contribution >= 4 is 15.9 Å². The molecule has 0 bridgehead atoms. The van der Waals surface area contributed by atoms with Gasteiger partial charge in [-0.05, 0) is 43.4 Å². The third-order valence-corrected chi connectivity index (χ3v) is 5.47. The van der Waals surface area contributed by atoms with Gasteiger partial charge in [-0.2, -0.15) is 0 Å². The first-order valence-corrected chi connectivity index (χ1v) is 8.37. The van der Waals surface area contributed by atoms with Gasteiger partial charge in [0, 0.05) is 18.2 Å². The molecule has 4 N–H and O–H groups in total. The van der Waals surface area contributed by atoms with Gasteiger partial charge in [-0.3, -0.25) is 4.79 Å². The quantitative estimate of drug-likeness (QED) is 0.737. The van der Waals surface area contributed by atoms with E-state index in [0.717, 1.165) is 12.8 Å². The number of aliphatic hydroxyl groups is 1. The number of hydrogen-bond acceptors (Lipinski definition) is 4. The molecule has 2 rings (SSSR count). The van der Waals surface area contributed by atoms with Crippen molar-refractivity contribution in [3.05, 3.63) is 29.3 Å². The Morgan fingerprint density at radius 1 is 1.43 bits per heavy atom. The van der Waals surface area contributed by atoms with Crippen LogP contribution in [-0.4, -0.2) is 32.1 Å². The second kappa shape index (κ2) is 6.13. The predicted octanol–water partition coefficient (Wildman–Crippen LogP) is 0.533. The number of aryl methyl sites for hydroxylation is 1. The smallest absolute Gasteiger partial charge is 0.249 e. The summed E-state index contributed by atoms with van der Waals surface area (Å²) in [6.45, 7) is 1.66. The summed E-state index contributed by atoms with van der Waals surface area (Å²) >= 11 is 0. The third kappa shape index (κ3) is 3.42. The van der Waals surface area contributed by atoms with E-state index in [4.69, 9.17) is 5.73 Å². The SMILES string of the molecule is Cc1ccc(S(=O)(=O)NC2CCCC2CO)cc1C(N)=O. The monoisotopic (exact) mass is 312 g/mol. The highest BCUT2D eigenvalue weighted by Crippen LogP contribution is 2.27. The molecule has 116 valence electrons. The number of nitrogens with two attached hydrogens (primary N) is 1. The van der Waals surface area contributed by atoms with Crippen LogP contribution in [0.2, 0.25) is 0 Å². The van der Waals surface area contributed by atoms with E-state index in [0.29, 0.717) is 12.0 Å². The molecular formula is C14H20N2O4S. The van der Waals surface area contributed by atoms with Gasteiger partial charge in [0.2, 0.25) is 15.9 Å². The van der Waals surface area contributed by atoms with Gasteiger partial charge in [-0.1, -0.05) is 12.5 Å². The van der Waals surface area contributed by atoms with Gasteiger partial charge < -0.3 is 10.8 Å². The second-order valence-corrected chi connectivity index (χ2v) is 7.16. The zero-order valence-electron chi connectivity index (χ0n) is 11.9. The highest BCUT2D eigenvalue weighted by atomic mass is 32.2. The average Bonchev–Trinajstić information content (AvgIpc) is 2.85. The molecule has 2 atom stereocenters. The van der Waals surface area contributed by atoms with Crippen LogP contribution in [0.1, 0.15) is 35.2 Å². The van der Waals surface area contributed by atoms with Gasteiger partial charge in [0.15, 0.2) is 0 Å². The molecule has 0 spiro atoms. The summed E-state index contributed by atoms with van der Waals surface area (Å²) in [6, 6.07) is 4.04. The summed E-state index contributed by atoms with van der Waals surface area (Å²) in [5.74, 6) is -0.709. The molecule has 2 unspecified atom stereocenters. The van der Waals surface area contributed by atoms with E-state index >= 15 is 0 Å². The lowest BCUT2D eigenvalue weighted by Crippen LogP contribution is -2.38. The first-order valence-electron chi connectivity index (χ1n) is 6.89. The lowest BCUT2D eigenvalue weighted by Gasteiger charge is -2.19. The van der Waals surface area contributed by atoms with Crippen LogP contribution in [0.3, 0.4) is 0 Å². The Balaban J connectivity index is 2.27. The molecule has 1 fully saturated rings. The molecule has 1 aromatic carbocycles. The molecule has 0 radical (unpaired) electrons. The number of hydrogen-bond donors (Lipinski definition) is 3. The van der Waals surface area contributed by atoms with Crippen LogP contribution in [0.25, 0.3) is 0 Å². The number of carbonyl (C=O) groups excluding carboxylic acids is 1. The van der Waals surface area contributed by atoms with Crippen molar-refractivity contribution in [3.63, 3.8) is 0 Å². The highest BCUT2D eigenvalue weighted by molar-refractivity contribution is 7.89. The Hall–Kier alpha value is -1.44. The van der Waals surface area contributed by atoms with Crippen molar-refractivity contribution in [2.24, 2.45) is 11.7 Å². The second-order valence-electron chi connectivity index (χ2n) is 5.44. The lowest BCUT2D eigenvalue weighted by atomic mass is 10.1. The summed E-state index contributed by atoms with van der Waals surface area (Å²) in [5, 5.41) is 9.26. The number of benzene rings is 1. The van der Waals surface area contributed by atoms with E-state index in [-0.39, 0.29) is 29.0 Å². The largest absolute Gasteiger partial charge is 0.396 e. The van der Waals surface area contributed by atoms with Crippen molar-refractivity contribution < 1.29 is 18.3 Å². The molecule has 1 aliphatic rings. The fourth-order valence-corrected chi connectivity index (χ4v) is 4.08. The van der Waals surface area contributed by atoms with Crippen LogP contribution in [-0.2, 0) is 10.0 Å². The number of carbonyl (C=O) groups is 1. The normalized spacial score (nSPS) is 22.4. The number of aliphatic hydroxyl groups excluding tert-OH is 1. The summed E-state index contributed by atoms with van der Waals surface area (Å²) < 4.78 is 27.4. The maximum Gasteiger partial charge on any atom is 0.249 e. The minimum atomic E-state index is -3.73. The van der Waals surface area contributed by atoms with Crippen molar-refractivity contribution in [2.45, 2.75) is 37.1 Å². The molecule has 7 heteroatoms. The number of primary amides is 1. The van der Waals surface area contributed by atoms with Gasteiger partial charge >= 0.3 is 0 Å². The fraction of sp³-hybridized carbons (Fsp3) is 0.500. The molecule has 0 aromatic heterocycles. The van der Waals surface area contributed by atoms with Crippen molar-refractivity contribution in [1.29, 1.82) is 0 Å². The maximum absolute atomic E-state index is 12.4. The molecule has 0 heterocycles. The zero-order valence-corrected chi connectivity index (χ0v) is 12.7. The Labute approximate surface area is 124 Å². The van der Waals surface area contributed by atoms with Crippen LogP contribution in [0.4, 0.5) is 0 Å². The average molecular weight is 312 g/mol.